The molecule has 1 aliphatic heterocycles. The summed E-state index contributed by atoms with van der Waals surface area (Å²) in [6, 6.07) is 3.78. The van der Waals surface area contributed by atoms with E-state index in [0.29, 0.717) is 11.6 Å². The van der Waals surface area contributed by atoms with Crippen LogP contribution in [0.3, 0.4) is 0 Å². The molecule has 110 valence electrons. The Balaban J connectivity index is 1.66. The van der Waals surface area contributed by atoms with Gasteiger partial charge in [0, 0.05) is 45.1 Å². The van der Waals surface area contributed by atoms with E-state index in [1.54, 1.807) is 11.1 Å². The van der Waals surface area contributed by atoms with Crippen LogP contribution in [0.5, 0.6) is 0 Å². The second-order valence-corrected chi connectivity index (χ2v) is 5.75. The number of carbonyl (C=O) groups is 1. The van der Waals surface area contributed by atoms with Gasteiger partial charge in [-0.2, -0.15) is 0 Å². The number of hydrogen-bond acceptors (Lipinski definition) is 3. The van der Waals surface area contributed by atoms with Gasteiger partial charge in [0.1, 0.15) is 11.5 Å². The van der Waals surface area contributed by atoms with Gasteiger partial charge >= 0.3 is 0 Å². The van der Waals surface area contributed by atoms with Crippen LogP contribution in [0.25, 0.3) is 0 Å². The highest BCUT2D eigenvalue weighted by molar-refractivity contribution is 5.93. The number of pyridine rings is 1. The molecular weight excluding hydrogens is 264 g/mol. The molecule has 0 saturated carbocycles. The summed E-state index contributed by atoms with van der Waals surface area (Å²) in [4.78, 5) is 22.9. The van der Waals surface area contributed by atoms with Gasteiger partial charge in [-0.3, -0.25) is 9.78 Å². The van der Waals surface area contributed by atoms with E-state index in [1.165, 1.54) is 0 Å². The molecule has 0 aliphatic carbocycles. The number of carbonyl (C=O) groups excluding carboxylic acids is 1. The molecular formula is C16H20N4O. The molecule has 0 saturated heterocycles. The van der Waals surface area contributed by atoms with Crippen molar-refractivity contribution in [2.24, 2.45) is 5.92 Å². The van der Waals surface area contributed by atoms with Crippen LogP contribution >= 0.6 is 0 Å². The maximum absolute atomic E-state index is 12.5. The van der Waals surface area contributed by atoms with E-state index in [2.05, 4.69) is 14.5 Å². The second-order valence-electron chi connectivity index (χ2n) is 5.75. The topological polar surface area (TPSA) is 51.0 Å². The molecule has 0 N–H and O–H groups in total. The fraction of sp³-hybridized carbons (Fsp3) is 0.438. The third kappa shape index (κ3) is 2.82. The van der Waals surface area contributed by atoms with E-state index >= 15 is 0 Å². The van der Waals surface area contributed by atoms with Gasteiger partial charge < -0.3 is 9.47 Å². The summed E-state index contributed by atoms with van der Waals surface area (Å²) in [5.74, 6) is 1.60. The third-order valence-electron chi connectivity index (χ3n) is 4.14. The average molecular weight is 284 g/mol. The molecule has 0 radical (unpaired) electrons. The Kier molecular flexibility index (Phi) is 3.73. The zero-order valence-electron chi connectivity index (χ0n) is 12.5. The fourth-order valence-electron chi connectivity index (χ4n) is 2.93. The van der Waals surface area contributed by atoms with Crippen molar-refractivity contribution in [2.45, 2.75) is 26.3 Å². The minimum absolute atomic E-state index is 0.00187. The zero-order valence-corrected chi connectivity index (χ0v) is 12.5. The first-order chi connectivity index (χ1) is 10.1. The second kappa shape index (κ2) is 5.68. The first-order valence-electron chi connectivity index (χ1n) is 7.32. The van der Waals surface area contributed by atoms with Gasteiger partial charge in [0.05, 0.1) is 0 Å². The molecule has 1 amide bonds. The summed E-state index contributed by atoms with van der Waals surface area (Å²) in [5.41, 5.74) is 1.48. The Morgan fingerprint density at radius 1 is 1.43 bits per heavy atom. The number of rotatable bonds is 3. The molecule has 1 atom stereocenters. The number of aromatic nitrogens is 3. The van der Waals surface area contributed by atoms with Crippen LogP contribution in [0.15, 0.2) is 30.7 Å². The molecule has 2 aromatic rings. The van der Waals surface area contributed by atoms with Gasteiger partial charge in [-0.1, -0.05) is 6.07 Å². The van der Waals surface area contributed by atoms with Crippen molar-refractivity contribution in [2.75, 3.05) is 13.6 Å². The predicted octanol–water partition coefficient (Wildman–Crippen LogP) is 1.92. The Labute approximate surface area is 124 Å². The van der Waals surface area contributed by atoms with Gasteiger partial charge in [0.15, 0.2) is 0 Å². The quantitative estimate of drug-likeness (QED) is 0.865. The number of fused-ring (bicyclic) bond motifs is 1. The van der Waals surface area contributed by atoms with Crippen LogP contribution in [-0.2, 0) is 13.0 Å². The number of nitrogens with zero attached hydrogens (tertiary/aromatic N) is 4. The van der Waals surface area contributed by atoms with E-state index in [0.717, 1.165) is 37.3 Å². The summed E-state index contributed by atoms with van der Waals surface area (Å²) in [6.45, 7) is 3.66. The number of imidazole rings is 1. The van der Waals surface area contributed by atoms with Crippen molar-refractivity contribution in [1.82, 2.24) is 19.4 Å². The summed E-state index contributed by atoms with van der Waals surface area (Å²) < 4.78 is 2.20. The molecule has 0 aromatic carbocycles. The first kappa shape index (κ1) is 13.8. The zero-order chi connectivity index (χ0) is 14.8. The number of hydrogen-bond donors (Lipinski definition) is 0. The number of aryl methyl sites for hydroxylation is 2. The molecule has 0 fully saturated rings. The summed E-state index contributed by atoms with van der Waals surface area (Å²) in [5, 5.41) is 0. The van der Waals surface area contributed by atoms with Crippen molar-refractivity contribution in [1.29, 1.82) is 0 Å². The van der Waals surface area contributed by atoms with Gasteiger partial charge in [-0.15, -0.1) is 0 Å². The molecule has 1 unspecified atom stereocenters. The lowest BCUT2D eigenvalue weighted by molar-refractivity contribution is 0.0757. The van der Waals surface area contributed by atoms with Crippen molar-refractivity contribution in [3.8, 4) is 0 Å². The minimum atomic E-state index is 0.00187. The number of amides is 1. The molecule has 5 heteroatoms. The molecule has 2 aromatic heterocycles. The van der Waals surface area contributed by atoms with Crippen LogP contribution in [0.2, 0.25) is 0 Å². The van der Waals surface area contributed by atoms with Crippen LogP contribution in [-0.4, -0.2) is 38.9 Å². The van der Waals surface area contributed by atoms with E-state index in [-0.39, 0.29) is 5.91 Å². The van der Waals surface area contributed by atoms with E-state index in [4.69, 9.17) is 0 Å². The Morgan fingerprint density at radius 3 is 3.10 bits per heavy atom. The van der Waals surface area contributed by atoms with Crippen molar-refractivity contribution >= 4 is 5.91 Å². The van der Waals surface area contributed by atoms with Crippen molar-refractivity contribution < 1.29 is 4.79 Å². The predicted molar refractivity (Wildman–Crippen MR) is 80.0 cm³/mol. The van der Waals surface area contributed by atoms with Gasteiger partial charge in [0.2, 0.25) is 0 Å². The average Bonchev–Trinajstić information content (AvgIpc) is 2.94. The standard InChI is InChI=1S/C16H20N4O/c1-12-4-3-6-18-15(12)16(21)19(2)11-13-5-8-20-9-7-17-14(20)10-13/h3-4,6-7,9,13H,5,8,10-11H2,1-2H3. The lowest BCUT2D eigenvalue weighted by atomic mass is 9.97. The molecule has 21 heavy (non-hydrogen) atoms. The largest absolute Gasteiger partial charge is 0.340 e. The van der Waals surface area contributed by atoms with Crippen LogP contribution in [0.4, 0.5) is 0 Å². The van der Waals surface area contributed by atoms with E-state index in [9.17, 15) is 4.79 Å². The molecule has 3 heterocycles. The van der Waals surface area contributed by atoms with Gasteiger partial charge in [0.25, 0.3) is 5.91 Å². The van der Waals surface area contributed by atoms with Gasteiger partial charge in [-0.25, -0.2) is 4.98 Å². The van der Waals surface area contributed by atoms with E-state index < -0.39 is 0 Å². The third-order valence-corrected chi connectivity index (χ3v) is 4.14. The Bertz CT molecular complexity index is 649. The van der Waals surface area contributed by atoms with Gasteiger partial charge in [-0.05, 0) is 30.9 Å². The highest BCUT2D eigenvalue weighted by Gasteiger charge is 2.23. The maximum Gasteiger partial charge on any atom is 0.272 e. The van der Waals surface area contributed by atoms with Crippen molar-refractivity contribution in [3.63, 3.8) is 0 Å². The monoisotopic (exact) mass is 284 g/mol. The molecule has 3 rings (SSSR count). The molecule has 5 nitrogen and oxygen atoms in total. The highest BCUT2D eigenvalue weighted by atomic mass is 16.2. The Morgan fingerprint density at radius 2 is 2.29 bits per heavy atom. The van der Waals surface area contributed by atoms with E-state index in [1.807, 2.05) is 38.5 Å². The lowest BCUT2D eigenvalue weighted by Gasteiger charge is -2.27. The summed E-state index contributed by atoms with van der Waals surface area (Å²) >= 11 is 0. The highest BCUT2D eigenvalue weighted by Crippen LogP contribution is 2.20. The smallest absolute Gasteiger partial charge is 0.272 e. The first-order valence-corrected chi connectivity index (χ1v) is 7.32. The minimum Gasteiger partial charge on any atom is -0.340 e. The molecule has 0 bridgehead atoms. The molecule has 0 spiro atoms. The fourth-order valence-corrected chi connectivity index (χ4v) is 2.93. The van der Waals surface area contributed by atoms with Crippen LogP contribution in [0.1, 0.15) is 28.3 Å². The summed E-state index contributed by atoms with van der Waals surface area (Å²) in [7, 11) is 1.86. The lowest BCUT2D eigenvalue weighted by Crippen LogP contribution is -2.35. The van der Waals surface area contributed by atoms with Crippen molar-refractivity contribution in [3.05, 3.63) is 47.8 Å². The normalized spacial score (nSPS) is 17.3. The van der Waals surface area contributed by atoms with Crippen LogP contribution < -0.4 is 0 Å². The van der Waals surface area contributed by atoms with Crippen LogP contribution in [0, 0.1) is 12.8 Å². The SMILES string of the molecule is Cc1cccnc1C(=O)N(C)CC1CCn2ccnc2C1. The molecule has 1 aliphatic rings. The summed E-state index contributed by atoms with van der Waals surface area (Å²) in [6.07, 6.45) is 7.57. The maximum atomic E-state index is 12.5. The Hall–Kier alpha value is -2.17.